The molecule has 2 fully saturated rings. The quantitative estimate of drug-likeness (QED) is 0.0269. The van der Waals surface area contributed by atoms with E-state index in [-0.39, 0.29) is 36.9 Å². The lowest BCUT2D eigenvalue weighted by Crippen LogP contribution is -2.63. The molecular formula is C67H80ClN9O15. The molecule has 0 spiro atoms. The number of nitrogens with one attached hydrogen (secondary N) is 4. The van der Waals surface area contributed by atoms with Gasteiger partial charge in [0, 0.05) is 77.7 Å². The predicted molar refractivity (Wildman–Crippen MR) is 341 cm³/mol. The van der Waals surface area contributed by atoms with Crippen LogP contribution in [-0.2, 0) is 72.0 Å². The number of fused-ring (bicyclic) bond motifs is 9. The molecule has 5 N–H and O–H groups in total. The summed E-state index contributed by atoms with van der Waals surface area (Å²) in [6, 6.07) is 28.2. The van der Waals surface area contributed by atoms with Gasteiger partial charge < -0.3 is 63.8 Å². The van der Waals surface area contributed by atoms with Gasteiger partial charge >= 0.3 is 18.2 Å². The van der Waals surface area contributed by atoms with Crippen LogP contribution in [0.15, 0.2) is 115 Å². The van der Waals surface area contributed by atoms with E-state index in [0.29, 0.717) is 24.4 Å². The Morgan fingerprint density at radius 1 is 0.880 bits per heavy atom. The van der Waals surface area contributed by atoms with E-state index in [1.807, 2.05) is 72.2 Å². The molecule has 7 amide bonds. The minimum atomic E-state index is -1.91. The zero-order valence-corrected chi connectivity index (χ0v) is 54.0. The van der Waals surface area contributed by atoms with Crippen molar-refractivity contribution in [2.24, 2.45) is 5.92 Å². The summed E-state index contributed by atoms with van der Waals surface area (Å²) in [5.74, 6) is -4.43. The van der Waals surface area contributed by atoms with Crippen molar-refractivity contribution in [3.05, 3.63) is 142 Å². The van der Waals surface area contributed by atoms with Gasteiger partial charge in [0.05, 0.1) is 51.5 Å². The highest BCUT2D eigenvalue weighted by atomic mass is 35.5. The number of hydrogen-bond acceptors (Lipinski definition) is 16. The van der Waals surface area contributed by atoms with Crippen LogP contribution in [0, 0.1) is 5.92 Å². The van der Waals surface area contributed by atoms with E-state index in [2.05, 4.69) is 45.5 Å². The summed E-state index contributed by atoms with van der Waals surface area (Å²) < 4.78 is 37.3. The van der Waals surface area contributed by atoms with Crippen molar-refractivity contribution in [3.63, 3.8) is 0 Å². The number of carbonyl (C=O) groups is 8. The molecular weight excluding hydrogens is 1210 g/mol. The molecule has 490 valence electrons. The number of amides is 7. The van der Waals surface area contributed by atoms with Gasteiger partial charge in [0.2, 0.25) is 29.5 Å². The number of para-hydroxylation sites is 1. The number of hydrogen-bond donors (Lipinski definition) is 5. The number of aryl methyl sites for hydroxylation is 1. The molecule has 92 heavy (non-hydrogen) atoms. The van der Waals surface area contributed by atoms with Crippen LogP contribution in [0.5, 0.6) is 5.75 Å². The molecule has 1 aliphatic carbocycles. The van der Waals surface area contributed by atoms with E-state index < -0.39 is 121 Å². The van der Waals surface area contributed by atoms with Crippen LogP contribution in [0.2, 0.25) is 5.02 Å². The standard InChI is InChI=1S/C67H80ClN9O15/c1-39-18-17-25-54(88-10)67(86)33-53(90-64(84)72-67)40(2)62-66(4,92-62)55(32-59(81)75(7)51-29-42(28-39)30-52(87-9)61(51)68)91-63(83)41(3)74(6)60(82)36-71-58(80)35-70-57(79)34-69-56(78)26-27-77-44(31-43-19-11-16-24-50(43)77)37-73(5)76(8)65(85)89-38-49-47-22-14-12-20-45(47)46-21-13-15-23-48(46)49/h11-25,29-31,40-41,49,53-55,62,86H,26-28,32-38H2,1-10H3,(H,69,78)(H,70,79)(H,71,80)(H,72,84). The summed E-state index contributed by atoms with van der Waals surface area (Å²) in [6.07, 6.45) is -0.494. The average Bonchev–Trinajstić information content (AvgIpc) is 1.57. The third-order valence-electron chi connectivity index (χ3n) is 17.8. The van der Waals surface area contributed by atoms with Crippen LogP contribution in [0.1, 0.15) is 75.3 Å². The zero-order valence-electron chi connectivity index (χ0n) is 53.3. The minimum Gasteiger partial charge on any atom is -0.495 e. The van der Waals surface area contributed by atoms with Crippen LogP contribution in [0.4, 0.5) is 15.3 Å². The number of benzene rings is 4. The van der Waals surface area contributed by atoms with Gasteiger partial charge in [0.25, 0.3) is 0 Å². The van der Waals surface area contributed by atoms with Crippen LogP contribution >= 0.6 is 11.6 Å². The zero-order chi connectivity index (χ0) is 66.3. The Labute approximate surface area is 539 Å². The Morgan fingerprint density at radius 2 is 1.52 bits per heavy atom. The Hall–Kier alpha value is -8.81. The smallest absolute Gasteiger partial charge is 0.424 e. The number of nitrogens with zero attached hydrogens (tertiary/aromatic N) is 5. The summed E-state index contributed by atoms with van der Waals surface area (Å²) in [5, 5.41) is 26.1. The molecule has 25 heteroatoms. The lowest BCUT2D eigenvalue weighted by Gasteiger charge is -2.42. The lowest BCUT2D eigenvalue weighted by atomic mass is 9.83. The van der Waals surface area contributed by atoms with Gasteiger partial charge in [-0.1, -0.05) is 109 Å². The number of anilines is 1. The molecule has 4 heterocycles. The van der Waals surface area contributed by atoms with Crippen LogP contribution in [-0.4, -0.2) is 183 Å². The van der Waals surface area contributed by atoms with Gasteiger partial charge in [-0.3, -0.25) is 29.3 Å². The summed E-state index contributed by atoms with van der Waals surface area (Å²) in [7, 11) is 9.11. The number of esters is 1. The van der Waals surface area contributed by atoms with Gasteiger partial charge in [-0.15, -0.1) is 0 Å². The van der Waals surface area contributed by atoms with Gasteiger partial charge in [0.15, 0.2) is 5.72 Å². The second-order valence-corrected chi connectivity index (χ2v) is 24.4. The fourth-order valence-corrected chi connectivity index (χ4v) is 12.4. The number of alkyl carbamates (subject to hydrolysis) is 1. The first-order valence-corrected chi connectivity index (χ1v) is 30.7. The van der Waals surface area contributed by atoms with Crippen LogP contribution in [0.25, 0.3) is 22.0 Å². The highest BCUT2D eigenvalue weighted by molar-refractivity contribution is 6.35. The van der Waals surface area contributed by atoms with Crippen molar-refractivity contribution in [2.45, 2.75) is 114 Å². The molecule has 3 aliphatic heterocycles. The van der Waals surface area contributed by atoms with Crippen LogP contribution < -0.4 is 30.9 Å². The molecule has 9 rings (SSSR count). The van der Waals surface area contributed by atoms with Gasteiger partial charge in [-0.25, -0.2) is 24.4 Å². The first-order chi connectivity index (χ1) is 43.8. The number of allylic oxidation sites excluding steroid dienone is 3. The highest BCUT2D eigenvalue weighted by Crippen LogP contribution is 2.50. The molecule has 4 aliphatic rings. The summed E-state index contributed by atoms with van der Waals surface area (Å²) >= 11 is 6.83. The molecule has 0 radical (unpaired) electrons. The monoisotopic (exact) mass is 1290 g/mol. The summed E-state index contributed by atoms with van der Waals surface area (Å²) in [4.78, 5) is 110. The van der Waals surface area contributed by atoms with Crippen molar-refractivity contribution in [2.75, 3.05) is 73.6 Å². The number of ether oxygens (including phenoxy) is 6. The number of hydrazine groups is 1. The lowest BCUT2D eigenvalue weighted by molar-refractivity contribution is -0.161. The molecule has 24 nitrogen and oxygen atoms in total. The maximum absolute atomic E-state index is 14.4. The summed E-state index contributed by atoms with van der Waals surface area (Å²) in [6.45, 7) is 5.82. The molecule has 8 unspecified atom stereocenters. The Kier molecular flexibility index (Phi) is 21.1. The Bertz CT molecular complexity index is 3660. The van der Waals surface area contributed by atoms with Crippen molar-refractivity contribution in [1.29, 1.82) is 0 Å². The normalized spacial score (nSPS) is 22.3. The maximum Gasteiger partial charge on any atom is 0.424 e. The van der Waals surface area contributed by atoms with E-state index >= 15 is 0 Å². The highest BCUT2D eigenvalue weighted by Gasteiger charge is 2.64. The predicted octanol–water partition coefficient (Wildman–Crippen LogP) is 6.14. The second kappa shape index (κ2) is 28.8. The molecule has 4 bridgehead atoms. The topological polar surface area (TPSA) is 281 Å². The molecule has 1 aromatic heterocycles. The molecule has 5 aromatic rings. The minimum absolute atomic E-state index is 0.00825. The van der Waals surface area contributed by atoms with E-state index in [1.165, 1.54) is 45.1 Å². The second-order valence-electron chi connectivity index (χ2n) is 24.0. The first-order valence-electron chi connectivity index (χ1n) is 30.4. The van der Waals surface area contributed by atoms with Gasteiger partial charge in [-0.2, -0.15) is 0 Å². The van der Waals surface area contributed by atoms with Crippen molar-refractivity contribution in [3.8, 4) is 16.9 Å². The van der Waals surface area contributed by atoms with E-state index in [0.717, 1.165) is 54.9 Å². The van der Waals surface area contributed by atoms with Gasteiger partial charge in [-0.05, 0) is 84.7 Å². The number of aliphatic hydroxyl groups is 1. The number of halogens is 1. The SMILES string of the molecule is COc1cc2cc(c1Cl)N(C)C(=O)CC(OC(=O)C(C)N(C)C(=O)CNC(=O)CNC(=O)CNC(=O)CCn1c(CN(C)N(C)C(=O)OCC3c4ccccc4-c4ccccc43)cc3ccccc31)C1(C)OC1C(C)C1CC(O)(NC(=O)O1)C(OC)C=CC=C(C)C2. The number of likely N-dealkylation sites (N-methyl/N-ethyl adjacent to an activating group) is 1. The van der Waals surface area contributed by atoms with Crippen molar-refractivity contribution >= 4 is 75.9 Å². The number of rotatable bonds is 19. The molecule has 0 saturated carbocycles. The maximum atomic E-state index is 14.4. The number of carbonyl (C=O) groups excluding carboxylic acids is 8. The molecule has 2 saturated heterocycles. The van der Waals surface area contributed by atoms with E-state index in [1.54, 1.807) is 57.2 Å². The fraction of sp³-hybridized carbons (Fsp3) is 0.433. The Balaban J connectivity index is 0.758. The summed E-state index contributed by atoms with van der Waals surface area (Å²) in [5.41, 5.74) is 4.82. The Morgan fingerprint density at radius 3 is 2.20 bits per heavy atom. The van der Waals surface area contributed by atoms with Crippen LogP contribution in [0.3, 0.4) is 0 Å². The number of aromatic nitrogens is 1. The van der Waals surface area contributed by atoms with E-state index in [9.17, 15) is 43.5 Å². The first kappa shape index (κ1) is 67.6. The fourth-order valence-electron chi connectivity index (χ4n) is 12.1. The number of epoxide rings is 1. The van der Waals surface area contributed by atoms with Crippen molar-refractivity contribution < 1.29 is 71.9 Å². The average molecular weight is 1290 g/mol. The van der Waals surface area contributed by atoms with Crippen molar-refractivity contribution in [1.82, 2.24) is 40.8 Å². The number of methoxy groups -OCH3 is 2. The third kappa shape index (κ3) is 15.1. The molecule has 4 aromatic carbocycles. The van der Waals surface area contributed by atoms with Gasteiger partial charge in [0.1, 0.15) is 47.3 Å². The van der Waals surface area contributed by atoms with E-state index in [4.69, 9.17) is 40.0 Å². The third-order valence-corrected chi connectivity index (χ3v) is 18.2. The molecule has 8 atom stereocenters. The largest absolute Gasteiger partial charge is 0.495 e.